The minimum absolute atomic E-state index is 0.114. The van der Waals surface area contributed by atoms with E-state index in [9.17, 15) is 9.59 Å². The number of nitrogens with zero attached hydrogens (tertiary/aromatic N) is 1. The number of amides is 1. The number of amidine groups is 1. The number of allylic oxidation sites excluding steroid dienone is 1. The Morgan fingerprint density at radius 2 is 1.88 bits per heavy atom. The van der Waals surface area contributed by atoms with E-state index in [1.165, 1.54) is 11.8 Å². The Hall–Kier alpha value is -3.17. The molecule has 34 heavy (non-hydrogen) atoms. The third-order valence-corrected chi connectivity index (χ3v) is 6.06. The van der Waals surface area contributed by atoms with Crippen molar-refractivity contribution in [3.8, 4) is 11.5 Å². The predicted molar refractivity (Wildman–Crippen MR) is 135 cm³/mol. The topological polar surface area (TPSA) is 98.2 Å². The number of hydrogen-bond acceptors (Lipinski definition) is 8. The SMILES string of the molecule is CCOC(=O)C1=C(C)NC(SCC(=O)Nc2ccc(Cl)cc2)=N[C@@H]1c1ccc(OC)cc1OC. The van der Waals surface area contributed by atoms with Crippen molar-refractivity contribution < 1.29 is 23.8 Å². The number of nitrogens with one attached hydrogen (secondary N) is 2. The highest BCUT2D eigenvalue weighted by atomic mass is 35.5. The molecule has 3 rings (SSSR count). The van der Waals surface area contributed by atoms with Gasteiger partial charge in [0.2, 0.25) is 5.91 Å². The smallest absolute Gasteiger partial charge is 0.338 e. The molecule has 0 fully saturated rings. The first-order chi connectivity index (χ1) is 16.4. The zero-order valence-corrected chi connectivity index (χ0v) is 20.9. The maximum atomic E-state index is 12.8. The summed E-state index contributed by atoms with van der Waals surface area (Å²) in [5.41, 5.74) is 2.29. The Kier molecular flexibility index (Phi) is 8.84. The van der Waals surface area contributed by atoms with E-state index < -0.39 is 12.0 Å². The summed E-state index contributed by atoms with van der Waals surface area (Å²) in [6.07, 6.45) is 0. The highest BCUT2D eigenvalue weighted by molar-refractivity contribution is 8.14. The van der Waals surface area contributed by atoms with E-state index in [1.54, 1.807) is 70.5 Å². The second-order valence-corrected chi connectivity index (χ2v) is 8.57. The van der Waals surface area contributed by atoms with Gasteiger partial charge in [0.15, 0.2) is 5.17 Å². The molecular formula is C24H26ClN3O5S. The molecule has 10 heteroatoms. The second kappa shape index (κ2) is 11.8. The number of aliphatic imine (C=N–C) groups is 1. The number of methoxy groups -OCH3 is 2. The lowest BCUT2D eigenvalue weighted by Gasteiger charge is -2.26. The lowest BCUT2D eigenvalue weighted by Crippen LogP contribution is -2.31. The van der Waals surface area contributed by atoms with Crippen LogP contribution in [-0.4, -0.2) is 43.6 Å². The fourth-order valence-corrected chi connectivity index (χ4v) is 4.20. The van der Waals surface area contributed by atoms with E-state index >= 15 is 0 Å². The van der Waals surface area contributed by atoms with E-state index in [4.69, 9.17) is 30.8 Å². The van der Waals surface area contributed by atoms with Gasteiger partial charge in [-0.2, -0.15) is 0 Å². The Morgan fingerprint density at radius 3 is 2.53 bits per heavy atom. The number of hydrogen-bond donors (Lipinski definition) is 2. The van der Waals surface area contributed by atoms with Crippen LogP contribution in [0.1, 0.15) is 25.5 Å². The summed E-state index contributed by atoms with van der Waals surface area (Å²) in [7, 11) is 3.11. The molecule has 0 bridgehead atoms. The molecule has 0 unspecified atom stereocenters. The van der Waals surface area contributed by atoms with Crippen molar-refractivity contribution in [2.24, 2.45) is 4.99 Å². The lowest BCUT2D eigenvalue weighted by molar-refractivity contribution is -0.139. The van der Waals surface area contributed by atoms with Gasteiger partial charge in [0, 0.05) is 28.0 Å². The molecular weight excluding hydrogens is 478 g/mol. The van der Waals surface area contributed by atoms with Crippen LogP contribution in [0.5, 0.6) is 11.5 Å². The standard InChI is InChI=1S/C24H26ClN3O5S/c1-5-33-23(30)21-14(2)26-24(34-13-20(29)27-16-8-6-15(25)7-9-16)28-22(21)18-11-10-17(31-3)12-19(18)32-4/h6-12,22H,5,13H2,1-4H3,(H,26,28)(H,27,29)/t22-/m1/s1. The van der Waals surface area contributed by atoms with E-state index in [-0.39, 0.29) is 18.3 Å². The summed E-state index contributed by atoms with van der Waals surface area (Å²) in [5, 5.41) is 7.03. The molecule has 1 amide bonds. The molecule has 2 aromatic carbocycles. The molecule has 2 aromatic rings. The number of benzene rings is 2. The molecule has 0 saturated carbocycles. The van der Waals surface area contributed by atoms with E-state index in [0.717, 1.165) is 0 Å². The zero-order valence-electron chi connectivity index (χ0n) is 19.3. The van der Waals surface area contributed by atoms with Gasteiger partial charge >= 0.3 is 5.97 Å². The first kappa shape index (κ1) is 25.5. The number of thioether (sulfide) groups is 1. The van der Waals surface area contributed by atoms with Crippen LogP contribution in [0.2, 0.25) is 5.02 Å². The van der Waals surface area contributed by atoms with Crippen LogP contribution in [-0.2, 0) is 14.3 Å². The Bertz CT molecular complexity index is 1120. The lowest BCUT2D eigenvalue weighted by atomic mass is 9.95. The molecule has 0 saturated heterocycles. The highest BCUT2D eigenvalue weighted by Crippen LogP contribution is 2.39. The molecule has 0 aromatic heterocycles. The molecule has 0 aliphatic carbocycles. The Labute approximate surface area is 207 Å². The quantitative estimate of drug-likeness (QED) is 0.509. The van der Waals surface area contributed by atoms with Crippen LogP contribution in [0.4, 0.5) is 5.69 Å². The van der Waals surface area contributed by atoms with Gasteiger partial charge in [0.25, 0.3) is 0 Å². The number of carbonyl (C=O) groups is 2. The minimum Gasteiger partial charge on any atom is -0.497 e. The molecule has 1 atom stereocenters. The van der Waals surface area contributed by atoms with Crippen molar-refractivity contribution in [3.05, 3.63) is 64.3 Å². The number of carbonyl (C=O) groups excluding carboxylic acids is 2. The van der Waals surface area contributed by atoms with Gasteiger partial charge in [-0.25, -0.2) is 9.79 Å². The van der Waals surface area contributed by atoms with Gasteiger partial charge in [-0.1, -0.05) is 23.4 Å². The fraction of sp³-hybridized carbons (Fsp3) is 0.292. The van der Waals surface area contributed by atoms with Gasteiger partial charge in [0.1, 0.15) is 17.5 Å². The minimum atomic E-state index is -0.678. The van der Waals surface area contributed by atoms with Crippen molar-refractivity contribution in [3.63, 3.8) is 0 Å². The number of rotatable bonds is 8. The van der Waals surface area contributed by atoms with Crippen LogP contribution >= 0.6 is 23.4 Å². The monoisotopic (exact) mass is 503 g/mol. The average molecular weight is 504 g/mol. The van der Waals surface area contributed by atoms with Crippen LogP contribution in [0, 0.1) is 0 Å². The van der Waals surface area contributed by atoms with Crippen LogP contribution in [0.15, 0.2) is 58.7 Å². The molecule has 1 heterocycles. The summed E-state index contributed by atoms with van der Waals surface area (Å²) in [4.78, 5) is 29.9. The van der Waals surface area contributed by atoms with Crippen molar-refractivity contribution in [1.82, 2.24) is 5.32 Å². The number of ether oxygens (including phenoxy) is 3. The summed E-state index contributed by atoms with van der Waals surface area (Å²) in [6, 6.07) is 11.5. The largest absolute Gasteiger partial charge is 0.497 e. The van der Waals surface area contributed by atoms with Crippen molar-refractivity contribution in [2.75, 3.05) is 31.9 Å². The molecule has 0 spiro atoms. The van der Waals surface area contributed by atoms with Crippen LogP contribution in [0.3, 0.4) is 0 Å². The molecule has 0 radical (unpaired) electrons. The van der Waals surface area contributed by atoms with E-state index in [0.29, 0.717) is 44.2 Å². The van der Waals surface area contributed by atoms with Crippen molar-refractivity contribution >= 4 is 46.1 Å². The third kappa shape index (κ3) is 6.24. The summed E-state index contributed by atoms with van der Waals surface area (Å²) in [6.45, 7) is 3.76. The summed E-state index contributed by atoms with van der Waals surface area (Å²) < 4.78 is 16.1. The maximum absolute atomic E-state index is 12.8. The molecule has 1 aliphatic heterocycles. The molecule has 1 aliphatic rings. The predicted octanol–water partition coefficient (Wildman–Crippen LogP) is 4.57. The first-order valence-corrected chi connectivity index (χ1v) is 11.9. The van der Waals surface area contributed by atoms with Crippen LogP contribution < -0.4 is 20.1 Å². The van der Waals surface area contributed by atoms with Gasteiger partial charge in [0.05, 0.1) is 32.2 Å². The first-order valence-electron chi connectivity index (χ1n) is 10.5. The number of halogens is 1. The maximum Gasteiger partial charge on any atom is 0.338 e. The fourth-order valence-electron chi connectivity index (χ4n) is 3.33. The van der Waals surface area contributed by atoms with Gasteiger partial charge in [-0.05, 0) is 50.2 Å². The second-order valence-electron chi connectivity index (χ2n) is 7.17. The summed E-state index contributed by atoms with van der Waals surface area (Å²) in [5.74, 6) is 0.583. The normalized spacial score (nSPS) is 15.2. The highest BCUT2D eigenvalue weighted by Gasteiger charge is 2.32. The van der Waals surface area contributed by atoms with Gasteiger partial charge in [-0.15, -0.1) is 0 Å². The molecule has 2 N–H and O–H groups in total. The van der Waals surface area contributed by atoms with Gasteiger partial charge in [-0.3, -0.25) is 4.79 Å². The summed E-state index contributed by atoms with van der Waals surface area (Å²) >= 11 is 7.11. The van der Waals surface area contributed by atoms with E-state index in [2.05, 4.69) is 10.6 Å². The molecule has 8 nitrogen and oxygen atoms in total. The molecule has 180 valence electrons. The zero-order chi connectivity index (χ0) is 24.7. The average Bonchev–Trinajstić information content (AvgIpc) is 2.83. The van der Waals surface area contributed by atoms with Crippen molar-refractivity contribution in [1.29, 1.82) is 0 Å². The Morgan fingerprint density at radius 1 is 1.15 bits per heavy atom. The number of anilines is 1. The third-order valence-electron chi connectivity index (χ3n) is 4.92. The van der Waals surface area contributed by atoms with Crippen molar-refractivity contribution in [2.45, 2.75) is 19.9 Å². The van der Waals surface area contributed by atoms with Gasteiger partial charge < -0.3 is 24.8 Å². The van der Waals surface area contributed by atoms with E-state index in [1.807, 2.05) is 0 Å². The Balaban J connectivity index is 1.84. The van der Waals surface area contributed by atoms with Crippen LogP contribution in [0.25, 0.3) is 0 Å². The number of esters is 1.